The molecule has 0 bridgehead atoms. The first-order chi connectivity index (χ1) is 9.60. The monoisotopic (exact) mass is 275 g/mol. The lowest BCUT2D eigenvalue weighted by Gasteiger charge is -2.24. The van der Waals surface area contributed by atoms with Gasteiger partial charge in [0.1, 0.15) is 6.04 Å². The number of nitrogens with one attached hydrogen (secondary N) is 1. The molecule has 0 aliphatic carbocycles. The Labute approximate surface area is 119 Å². The average molecular weight is 275 g/mol. The van der Waals surface area contributed by atoms with Gasteiger partial charge >= 0.3 is 0 Å². The van der Waals surface area contributed by atoms with E-state index >= 15 is 0 Å². The van der Waals surface area contributed by atoms with Crippen molar-refractivity contribution in [3.8, 4) is 0 Å². The van der Waals surface area contributed by atoms with Crippen molar-refractivity contribution < 1.29 is 9.59 Å². The molecule has 0 aromatic carbocycles. The molecule has 1 atom stereocenters. The summed E-state index contributed by atoms with van der Waals surface area (Å²) < 4.78 is 0. The number of carbonyl (C=O) groups is 2. The van der Waals surface area contributed by atoms with E-state index in [9.17, 15) is 9.59 Å². The van der Waals surface area contributed by atoms with Crippen LogP contribution in [0.2, 0.25) is 0 Å². The van der Waals surface area contributed by atoms with Crippen molar-refractivity contribution in [3.05, 3.63) is 29.6 Å². The van der Waals surface area contributed by atoms with Crippen LogP contribution in [0.25, 0.3) is 0 Å². The highest BCUT2D eigenvalue weighted by atomic mass is 16.2. The van der Waals surface area contributed by atoms with Crippen LogP contribution in [0.1, 0.15) is 37.3 Å². The molecule has 20 heavy (non-hydrogen) atoms. The first kappa shape index (κ1) is 14.5. The Hall–Kier alpha value is -1.91. The van der Waals surface area contributed by atoms with Crippen LogP contribution in [-0.4, -0.2) is 34.3 Å². The third-order valence-corrected chi connectivity index (χ3v) is 3.44. The summed E-state index contributed by atoms with van der Waals surface area (Å²) in [6.45, 7) is 4.98. The quantitative estimate of drug-likeness (QED) is 0.903. The smallest absolute Gasteiger partial charge is 0.245 e. The number of aryl methyl sites for hydroxylation is 1. The Morgan fingerprint density at radius 3 is 2.90 bits per heavy atom. The number of carbonyl (C=O) groups excluding carboxylic acids is 2. The Kier molecular flexibility index (Phi) is 4.71. The van der Waals surface area contributed by atoms with Gasteiger partial charge in [-0.3, -0.25) is 14.6 Å². The van der Waals surface area contributed by atoms with Crippen molar-refractivity contribution in [1.29, 1.82) is 0 Å². The van der Waals surface area contributed by atoms with Crippen LogP contribution in [0.3, 0.4) is 0 Å². The van der Waals surface area contributed by atoms with Crippen LogP contribution in [-0.2, 0) is 16.1 Å². The fourth-order valence-corrected chi connectivity index (χ4v) is 2.46. The molecule has 2 rings (SSSR count). The van der Waals surface area contributed by atoms with E-state index in [0.717, 1.165) is 17.5 Å². The first-order valence-electron chi connectivity index (χ1n) is 7.09. The lowest BCUT2D eigenvalue weighted by molar-refractivity contribution is -0.134. The van der Waals surface area contributed by atoms with E-state index in [0.29, 0.717) is 25.9 Å². The van der Waals surface area contributed by atoms with Crippen LogP contribution in [0.5, 0.6) is 0 Å². The predicted molar refractivity (Wildman–Crippen MR) is 75.8 cm³/mol. The van der Waals surface area contributed by atoms with Crippen LogP contribution < -0.4 is 5.32 Å². The zero-order valence-corrected chi connectivity index (χ0v) is 12.1. The molecule has 5 nitrogen and oxygen atoms in total. The summed E-state index contributed by atoms with van der Waals surface area (Å²) in [6, 6.07) is 1.64. The van der Waals surface area contributed by atoms with E-state index in [1.807, 2.05) is 19.9 Å². The van der Waals surface area contributed by atoms with Crippen LogP contribution in [0.4, 0.5) is 0 Å². The highest BCUT2D eigenvalue weighted by Gasteiger charge is 2.29. The molecule has 2 amide bonds. The molecule has 0 radical (unpaired) electrons. The largest absolute Gasteiger partial charge is 0.344 e. The standard InChI is InChI=1S/C15H21N3O2/c1-3-4-13-15(20)18(6-5-14(19)17-13)10-12-7-11(2)8-16-9-12/h7-9,13H,3-6,10H2,1-2H3,(H,17,19). The van der Waals surface area contributed by atoms with E-state index in [4.69, 9.17) is 0 Å². The fraction of sp³-hybridized carbons (Fsp3) is 0.533. The van der Waals surface area contributed by atoms with Crippen LogP contribution in [0, 0.1) is 6.92 Å². The molecule has 1 fully saturated rings. The SMILES string of the molecule is CCCC1NC(=O)CCN(Cc2cncc(C)c2)C1=O. The zero-order valence-electron chi connectivity index (χ0n) is 12.1. The molecule has 1 aromatic rings. The Morgan fingerprint density at radius 1 is 1.40 bits per heavy atom. The summed E-state index contributed by atoms with van der Waals surface area (Å²) >= 11 is 0. The van der Waals surface area contributed by atoms with E-state index < -0.39 is 0 Å². The fourth-order valence-electron chi connectivity index (χ4n) is 2.46. The number of amides is 2. The van der Waals surface area contributed by atoms with Crippen molar-refractivity contribution in [3.63, 3.8) is 0 Å². The number of pyridine rings is 1. The van der Waals surface area contributed by atoms with Crippen molar-refractivity contribution in [2.75, 3.05) is 6.54 Å². The van der Waals surface area contributed by atoms with Crippen molar-refractivity contribution >= 4 is 11.8 Å². The van der Waals surface area contributed by atoms with Gasteiger partial charge in [-0.2, -0.15) is 0 Å². The maximum Gasteiger partial charge on any atom is 0.245 e. The third-order valence-electron chi connectivity index (χ3n) is 3.44. The van der Waals surface area contributed by atoms with E-state index in [1.165, 1.54) is 0 Å². The summed E-state index contributed by atoms with van der Waals surface area (Å²) in [5.41, 5.74) is 2.08. The molecule has 2 heterocycles. The van der Waals surface area contributed by atoms with Crippen molar-refractivity contribution in [1.82, 2.24) is 15.2 Å². The second kappa shape index (κ2) is 6.50. The van der Waals surface area contributed by atoms with E-state index in [2.05, 4.69) is 10.3 Å². The maximum atomic E-state index is 12.5. The van der Waals surface area contributed by atoms with Gasteiger partial charge in [-0.25, -0.2) is 0 Å². The van der Waals surface area contributed by atoms with E-state index in [1.54, 1.807) is 17.3 Å². The Balaban J connectivity index is 2.12. The zero-order chi connectivity index (χ0) is 14.5. The molecule has 5 heteroatoms. The minimum Gasteiger partial charge on any atom is -0.344 e. The molecule has 0 saturated carbocycles. The maximum absolute atomic E-state index is 12.5. The van der Waals surface area contributed by atoms with Gasteiger partial charge < -0.3 is 10.2 Å². The van der Waals surface area contributed by atoms with Crippen LogP contribution >= 0.6 is 0 Å². The summed E-state index contributed by atoms with van der Waals surface area (Å²) in [6.07, 6.45) is 5.49. The van der Waals surface area contributed by atoms with Gasteiger partial charge in [-0.15, -0.1) is 0 Å². The molecule has 1 aliphatic rings. The molecular formula is C15H21N3O2. The van der Waals surface area contributed by atoms with Gasteiger partial charge in [-0.05, 0) is 24.5 Å². The summed E-state index contributed by atoms with van der Waals surface area (Å²) in [5.74, 6) is -0.0270. The predicted octanol–water partition coefficient (Wildman–Crippen LogP) is 1.41. The number of hydrogen-bond acceptors (Lipinski definition) is 3. The summed E-state index contributed by atoms with van der Waals surface area (Å²) in [5, 5.41) is 2.81. The Morgan fingerprint density at radius 2 is 2.20 bits per heavy atom. The third kappa shape index (κ3) is 3.56. The van der Waals surface area contributed by atoms with Gasteiger partial charge in [0.25, 0.3) is 0 Å². The molecule has 1 aliphatic heterocycles. The number of aromatic nitrogens is 1. The normalized spacial score (nSPS) is 19.7. The summed E-state index contributed by atoms with van der Waals surface area (Å²) in [4.78, 5) is 30.0. The molecule has 1 N–H and O–H groups in total. The average Bonchev–Trinajstić information content (AvgIpc) is 2.53. The number of hydrogen-bond donors (Lipinski definition) is 1. The van der Waals surface area contributed by atoms with Crippen molar-refractivity contribution in [2.24, 2.45) is 0 Å². The highest BCUT2D eigenvalue weighted by Crippen LogP contribution is 2.12. The van der Waals surface area contributed by atoms with Gasteiger partial charge in [0, 0.05) is 31.9 Å². The van der Waals surface area contributed by atoms with Crippen molar-refractivity contribution in [2.45, 2.75) is 45.7 Å². The molecule has 1 aromatic heterocycles. The highest BCUT2D eigenvalue weighted by molar-refractivity contribution is 5.89. The second-order valence-corrected chi connectivity index (χ2v) is 5.29. The molecule has 108 valence electrons. The van der Waals surface area contributed by atoms with Gasteiger partial charge in [-0.1, -0.05) is 19.4 Å². The topological polar surface area (TPSA) is 62.3 Å². The van der Waals surface area contributed by atoms with E-state index in [-0.39, 0.29) is 17.9 Å². The lowest BCUT2D eigenvalue weighted by Crippen LogP contribution is -2.44. The molecule has 1 unspecified atom stereocenters. The van der Waals surface area contributed by atoms with Crippen LogP contribution in [0.15, 0.2) is 18.5 Å². The molecule has 0 spiro atoms. The minimum absolute atomic E-state index is 0.0132. The second-order valence-electron chi connectivity index (χ2n) is 5.29. The lowest BCUT2D eigenvalue weighted by atomic mass is 10.1. The number of rotatable bonds is 4. The van der Waals surface area contributed by atoms with Gasteiger partial charge in [0.15, 0.2) is 0 Å². The van der Waals surface area contributed by atoms with Gasteiger partial charge in [0.05, 0.1) is 0 Å². The van der Waals surface area contributed by atoms with Gasteiger partial charge in [0.2, 0.25) is 11.8 Å². The first-order valence-corrected chi connectivity index (χ1v) is 7.09. The molecular weight excluding hydrogens is 254 g/mol. The number of nitrogens with zero attached hydrogens (tertiary/aromatic N) is 2. The summed E-state index contributed by atoms with van der Waals surface area (Å²) in [7, 11) is 0. The molecule has 1 saturated heterocycles. The minimum atomic E-state index is -0.382. The Bertz CT molecular complexity index is 502.